The lowest BCUT2D eigenvalue weighted by Gasteiger charge is -2.24. The Bertz CT molecular complexity index is 332. The number of carboxylic acids is 1. The zero-order valence-electron chi connectivity index (χ0n) is 11.3. The fourth-order valence-electron chi connectivity index (χ4n) is 1.59. The Morgan fingerprint density at radius 3 is 2.26 bits per heavy atom. The second-order valence-electron chi connectivity index (χ2n) is 4.38. The summed E-state index contributed by atoms with van der Waals surface area (Å²) >= 11 is 0. The van der Waals surface area contributed by atoms with Gasteiger partial charge in [0.15, 0.2) is 0 Å². The number of carbonyl (C=O) groups is 1. The van der Waals surface area contributed by atoms with Crippen molar-refractivity contribution < 1.29 is 9.90 Å². The molecule has 0 aliphatic carbocycles. The SMILES string of the molecule is CN(C)C(CCCCN(NC(=N)N)C(=N)N)C(=O)O. The first kappa shape index (κ1) is 17.0. The fourth-order valence-corrected chi connectivity index (χ4v) is 1.59. The van der Waals surface area contributed by atoms with Gasteiger partial charge in [0, 0.05) is 6.54 Å². The summed E-state index contributed by atoms with van der Waals surface area (Å²) in [6, 6.07) is -0.522. The zero-order chi connectivity index (χ0) is 15.0. The summed E-state index contributed by atoms with van der Waals surface area (Å²) in [4.78, 5) is 12.6. The molecular weight excluding hydrogens is 250 g/mol. The summed E-state index contributed by atoms with van der Waals surface area (Å²) in [6.07, 6.45) is 1.81. The smallest absolute Gasteiger partial charge is 0.320 e. The van der Waals surface area contributed by atoms with E-state index >= 15 is 0 Å². The van der Waals surface area contributed by atoms with Crippen LogP contribution in [0.5, 0.6) is 0 Å². The lowest BCUT2D eigenvalue weighted by atomic mass is 10.1. The Balaban J connectivity index is 4.09. The van der Waals surface area contributed by atoms with Crippen LogP contribution < -0.4 is 16.9 Å². The van der Waals surface area contributed by atoms with E-state index in [4.69, 9.17) is 27.4 Å². The van der Waals surface area contributed by atoms with Crippen molar-refractivity contribution in [2.75, 3.05) is 20.6 Å². The number of guanidine groups is 2. The van der Waals surface area contributed by atoms with Crippen molar-refractivity contribution in [1.82, 2.24) is 15.3 Å². The van der Waals surface area contributed by atoms with Gasteiger partial charge in [-0.3, -0.25) is 30.9 Å². The Morgan fingerprint density at radius 2 is 1.89 bits per heavy atom. The maximum absolute atomic E-state index is 11.0. The molecule has 110 valence electrons. The molecule has 0 heterocycles. The van der Waals surface area contributed by atoms with Crippen molar-refractivity contribution >= 4 is 17.9 Å². The average Bonchev–Trinajstić information content (AvgIpc) is 2.25. The molecule has 0 aromatic rings. The van der Waals surface area contributed by atoms with E-state index in [9.17, 15) is 4.79 Å². The minimum atomic E-state index is -0.852. The van der Waals surface area contributed by atoms with E-state index in [1.807, 2.05) is 0 Å². The molecule has 0 saturated heterocycles. The number of hydrogen-bond acceptors (Lipinski definition) is 4. The van der Waals surface area contributed by atoms with Crippen molar-refractivity contribution in [2.45, 2.75) is 25.3 Å². The first-order chi connectivity index (χ1) is 8.75. The number of nitrogens with zero attached hydrogens (tertiary/aromatic N) is 2. The second-order valence-corrected chi connectivity index (χ2v) is 4.38. The van der Waals surface area contributed by atoms with Crippen LogP contribution in [0.3, 0.4) is 0 Å². The number of likely N-dealkylation sites (N-methyl/N-ethyl adjacent to an activating group) is 1. The number of nitrogens with two attached hydrogens (primary N) is 2. The van der Waals surface area contributed by atoms with Crippen LogP contribution in [0.15, 0.2) is 0 Å². The normalized spacial score (nSPS) is 11.9. The van der Waals surface area contributed by atoms with Crippen LogP contribution in [0, 0.1) is 10.8 Å². The fraction of sp³-hybridized carbons (Fsp3) is 0.700. The van der Waals surface area contributed by atoms with Crippen molar-refractivity contribution in [3.63, 3.8) is 0 Å². The van der Waals surface area contributed by atoms with Gasteiger partial charge in [-0.15, -0.1) is 0 Å². The lowest BCUT2D eigenvalue weighted by molar-refractivity contribution is -0.142. The number of rotatable bonds is 7. The minimum Gasteiger partial charge on any atom is -0.480 e. The van der Waals surface area contributed by atoms with Gasteiger partial charge in [0.2, 0.25) is 11.9 Å². The molecule has 1 unspecified atom stereocenters. The third kappa shape index (κ3) is 7.09. The molecule has 19 heavy (non-hydrogen) atoms. The van der Waals surface area contributed by atoms with Crippen LogP contribution in [0.25, 0.3) is 0 Å². The van der Waals surface area contributed by atoms with Crippen LogP contribution in [0.1, 0.15) is 19.3 Å². The molecular formula is C10H23N7O2. The predicted octanol–water partition coefficient (Wildman–Crippen LogP) is -1.23. The van der Waals surface area contributed by atoms with E-state index in [1.165, 1.54) is 5.01 Å². The molecule has 0 aliphatic rings. The number of carboxylic acid groups (broad SMARTS) is 1. The van der Waals surface area contributed by atoms with Crippen LogP contribution in [-0.4, -0.2) is 59.6 Å². The lowest BCUT2D eigenvalue weighted by Crippen LogP contribution is -2.51. The molecule has 0 bridgehead atoms. The van der Waals surface area contributed by atoms with Crippen LogP contribution in [-0.2, 0) is 4.79 Å². The summed E-state index contributed by atoms with van der Waals surface area (Å²) < 4.78 is 0. The monoisotopic (exact) mass is 273 g/mol. The van der Waals surface area contributed by atoms with Gasteiger partial charge >= 0.3 is 5.97 Å². The molecule has 1 atom stereocenters. The molecule has 0 rings (SSSR count). The highest BCUT2D eigenvalue weighted by atomic mass is 16.4. The van der Waals surface area contributed by atoms with Gasteiger partial charge in [-0.25, -0.2) is 0 Å². The molecule has 0 spiro atoms. The standard InChI is InChI=1S/C10H23N7O2/c1-16(2)7(8(18)19)5-3-4-6-17(10(13)14)15-9(11)12/h7H,3-6H2,1-2H3,(H3,13,14)(H,18,19)(H4,11,12,15). The van der Waals surface area contributed by atoms with E-state index in [0.29, 0.717) is 25.8 Å². The Labute approximate surface area is 112 Å². The van der Waals surface area contributed by atoms with E-state index < -0.39 is 12.0 Å². The minimum absolute atomic E-state index is 0.238. The van der Waals surface area contributed by atoms with Gasteiger partial charge in [-0.2, -0.15) is 0 Å². The molecule has 0 radical (unpaired) electrons. The molecule has 0 aromatic carbocycles. The van der Waals surface area contributed by atoms with E-state index in [1.54, 1.807) is 19.0 Å². The van der Waals surface area contributed by atoms with Crippen molar-refractivity contribution in [1.29, 1.82) is 10.8 Å². The second kappa shape index (κ2) is 8.14. The summed E-state index contributed by atoms with van der Waals surface area (Å²) in [5, 5.41) is 24.6. The zero-order valence-corrected chi connectivity index (χ0v) is 11.3. The summed E-state index contributed by atoms with van der Waals surface area (Å²) in [5.41, 5.74) is 12.9. The van der Waals surface area contributed by atoms with Crippen molar-refractivity contribution in [2.24, 2.45) is 11.5 Å². The number of hydrogen-bond donors (Lipinski definition) is 6. The van der Waals surface area contributed by atoms with E-state index in [-0.39, 0.29) is 11.9 Å². The Morgan fingerprint density at radius 1 is 1.32 bits per heavy atom. The molecule has 0 saturated carbocycles. The molecule has 9 nitrogen and oxygen atoms in total. The Kier molecular flexibility index (Phi) is 7.27. The third-order valence-corrected chi connectivity index (χ3v) is 2.56. The van der Waals surface area contributed by atoms with Crippen molar-refractivity contribution in [3.05, 3.63) is 0 Å². The molecule has 9 heteroatoms. The first-order valence-electron chi connectivity index (χ1n) is 5.87. The molecule has 0 aliphatic heterocycles. The number of nitrogens with one attached hydrogen (secondary N) is 3. The quantitative estimate of drug-likeness (QED) is 0.147. The molecule has 0 aromatic heterocycles. The van der Waals surface area contributed by atoms with Crippen LogP contribution in [0.2, 0.25) is 0 Å². The van der Waals surface area contributed by atoms with Gasteiger partial charge in [-0.1, -0.05) is 0 Å². The Hall–Kier alpha value is -2.03. The van der Waals surface area contributed by atoms with Crippen LogP contribution >= 0.6 is 0 Å². The maximum atomic E-state index is 11.0. The largest absolute Gasteiger partial charge is 0.480 e. The molecule has 0 fully saturated rings. The van der Waals surface area contributed by atoms with Crippen LogP contribution in [0.4, 0.5) is 0 Å². The number of hydrazine groups is 1. The van der Waals surface area contributed by atoms with Gasteiger partial charge < -0.3 is 16.6 Å². The van der Waals surface area contributed by atoms with Gasteiger partial charge in [0.25, 0.3) is 0 Å². The molecule has 8 N–H and O–H groups in total. The number of unbranched alkanes of at least 4 members (excludes halogenated alkanes) is 1. The summed E-state index contributed by atoms with van der Waals surface area (Å²) in [5.74, 6) is -1.39. The summed E-state index contributed by atoms with van der Waals surface area (Å²) in [7, 11) is 3.44. The van der Waals surface area contributed by atoms with Gasteiger partial charge in [0.05, 0.1) is 0 Å². The molecule has 0 amide bonds. The topological polar surface area (TPSA) is 156 Å². The van der Waals surface area contributed by atoms with E-state index in [0.717, 1.165) is 0 Å². The predicted molar refractivity (Wildman–Crippen MR) is 72.6 cm³/mol. The summed E-state index contributed by atoms with van der Waals surface area (Å²) in [6.45, 7) is 0.384. The number of aliphatic carboxylic acids is 1. The third-order valence-electron chi connectivity index (χ3n) is 2.56. The van der Waals surface area contributed by atoms with E-state index in [2.05, 4.69) is 5.43 Å². The maximum Gasteiger partial charge on any atom is 0.320 e. The highest BCUT2D eigenvalue weighted by molar-refractivity contribution is 5.80. The van der Waals surface area contributed by atoms with Gasteiger partial charge in [0.1, 0.15) is 6.04 Å². The first-order valence-corrected chi connectivity index (χ1v) is 5.87. The average molecular weight is 273 g/mol. The van der Waals surface area contributed by atoms with Gasteiger partial charge in [-0.05, 0) is 33.4 Å². The highest BCUT2D eigenvalue weighted by Gasteiger charge is 2.19. The highest BCUT2D eigenvalue weighted by Crippen LogP contribution is 2.06. The van der Waals surface area contributed by atoms with Crippen molar-refractivity contribution in [3.8, 4) is 0 Å².